The number of rotatable bonds is 6. The van der Waals surface area contributed by atoms with E-state index in [4.69, 9.17) is 0 Å². The Labute approximate surface area is 83.5 Å². The van der Waals surface area contributed by atoms with E-state index in [0.717, 1.165) is 5.92 Å². The predicted octanol–water partition coefficient (Wildman–Crippen LogP) is 4.59. The largest absolute Gasteiger partial charge is 0.165 e. The summed E-state index contributed by atoms with van der Waals surface area (Å²) in [5, 5.41) is 0. The Kier molecular flexibility index (Phi) is 17.2. The van der Waals surface area contributed by atoms with Gasteiger partial charge in [0.2, 0.25) is 0 Å². The lowest BCUT2D eigenvalue weighted by Gasteiger charge is -2.11. The first-order chi connectivity index (χ1) is 5.85. The second kappa shape index (κ2) is 13.9. The van der Waals surface area contributed by atoms with Gasteiger partial charge < -0.3 is 0 Å². The number of hydrogen-bond donors (Lipinski definition) is 0. The molecule has 0 aliphatic carbocycles. The zero-order valence-corrected chi connectivity index (χ0v) is 10.3. The molecule has 0 aromatic rings. The van der Waals surface area contributed by atoms with Crippen molar-refractivity contribution < 1.29 is 0 Å². The third kappa shape index (κ3) is 10.3. The fourth-order valence-electron chi connectivity index (χ4n) is 1.13. The third-order valence-corrected chi connectivity index (χ3v) is 2.75. The summed E-state index contributed by atoms with van der Waals surface area (Å²) >= 11 is 1.98. The Hall–Kier alpha value is 0.350. The normalized spacial score (nSPS) is 11.8. The number of thioether (sulfide) groups is 1. The average Bonchev–Trinajstić information content (AvgIpc) is 2.15. The number of unbranched alkanes of at least 4 members (excludes halogenated alkanes) is 1. The predicted molar refractivity (Wildman–Crippen MR) is 63.0 cm³/mol. The van der Waals surface area contributed by atoms with E-state index in [1.807, 2.05) is 25.6 Å². The van der Waals surface area contributed by atoms with E-state index < -0.39 is 0 Å². The summed E-state index contributed by atoms with van der Waals surface area (Å²) in [4.78, 5) is 0. The Morgan fingerprint density at radius 1 is 1.17 bits per heavy atom. The van der Waals surface area contributed by atoms with Crippen LogP contribution in [0.4, 0.5) is 0 Å². The minimum absolute atomic E-state index is 0.981. The molecule has 0 aliphatic heterocycles. The van der Waals surface area contributed by atoms with E-state index in [2.05, 4.69) is 20.1 Å². The SMILES string of the molecule is CC.CCCCC(CC)CSC. The second-order valence-electron chi connectivity index (χ2n) is 2.87. The quantitative estimate of drug-likeness (QED) is 0.590. The minimum Gasteiger partial charge on any atom is -0.165 e. The van der Waals surface area contributed by atoms with E-state index in [0.29, 0.717) is 0 Å². The first kappa shape index (κ1) is 14.9. The Morgan fingerprint density at radius 2 is 1.75 bits per heavy atom. The lowest BCUT2D eigenvalue weighted by atomic mass is 10.0. The summed E-state index contributed by atoms with van der Waals surface area (Å²) in [5.74, 6) is 2.34. The van der Waals surface area contributed by atoms with Gasteiger partial charge in [-0.25, -0.2) is 0 Å². The van der Waals surface area contributed by atoms with Crippen molar-refractivity contribution in [3.05, 3.63) is 0 Å². The molecule has 0 nitrogen and oxygen atoms in total. The first-order valence-electron chi connectivity index (χ1n) is 5.34. The van der Waals surface area contributed by atoms with Gasteiger partial charge in [0.15, 0.2) is 0 Å². The molecular formula is C11H26S. The van der Waals surface area contributed by atoms with Crippen molar-refractivity contribution in [2.75, 3.05) is 12.0 Å². The summed E-state index contributed by atoms with van der Waals surface area (Å²) in [5.41, 5.74) is 0. The van der Waals surface area contributed by atoms with Crippen LogP contribution in [-0.4, -0.2) is 12.0 Å². The molecule has 0 radical (unpaired) electrons. The molecule has 0 saturated carbocycles. The van der Waals surface area contributed by atoms with Crippen LogP contribution in [0.25, 0.3) is 0 Å². The molecule has 0 amide bonds. The van der Waals surface area contributed by atoms with Gasteiger partial charge >= 0.3 is 0 Å². The van der Waals surface area contributed by atoms with Gasteiger partial charge in [-0.05, 0) is 24.3 Å². The summed E-state index contributed by atoms with van der Waals surface area (Å²) in [6, 6.07) is 0. The molecule has 0 aromatic carbocycles. The summed E-state index contributed by atoms with van der Waals surface area (Å²) in [6.45, 7) is 8.57. The van der Waals surface area contributed by atoms with Crippen molar-refractivity contribution in [1.29, 1.82) is 0 Å². The molecule has 0 fully saturated rings. The fraction of sp³-hybridized carbons (Fsp3) is 1.00. The standard InChI is InChI=1S/C9H20S.C2H6/c1-4-6-7-9(5-2)8-10-3;1-2/h9H,4-8H2,1-3H3;1-2H3. The Balaban J connectivity index is 0. The van der Waals surface area contributed by atoms with Gasteiger partial charge in [0, 0.05) is 0 Å². The molecule has 0 bridgehead atoms. The molecule has 76 valence electrons. The Morgan fingerprint density at radius 3 is 2.08 bits per heavy atom. The van der Waals surface area contributed by atoms with Crippen molar-refractivity contribution in [2.45, 2.75) is 53.4 Å². The zero-order valence-electron chi connectivity index (χ0n) is 9.52. The molecule has 0 aliphatic rings. The molecule has 0 spiro atoms. The maximum Gasteiger partial charge on any atom is -0.00420 e. The van der Waals surface area contributed by atoms with E-state index >= 15 is 0 Å². The second-order valence-corrected chi connectivity index (χ2v) is 3.78. The van der Waals surface area contributed by atoms with Crippen LogP contribution in [0.1, 0.15) is 53.4 Å². The maximum atomic E-state index is 2.30. The molecular weight excluding hydrogens is 164 g/mol. The number of hydrogen-bond acceptors (Lipinski definition) is 1. The van der Waals surface area contributed by atoms with E-state index in [1.165, 1.54) is 31.4 Å². The highest BCUT2D eigenvalue weighted by Gasteiger charge is 2.02. The highest BCUT2D eigenvalue weighted by Crippen LogP contribution is 2.16. The van der Waals surface area contributed by atoms with Gasteiger partial charge in [-0.1, -0.05) is 47.0 Å². The molecule has 1 atom stereocenters. The summed E-state index contributed by atoms with van der Waals surface area (Å²) < 4.78 is 0. The van der Waals surface area contributed by atoms with Crippen LogP contribution in [-0.2, 0) is 0 Å². The van der Waals surface area contributed by atoms with E-state index in [-0.39, 0.29) is 0 Å². The topological polar surface area (TPSA) is 0 Å². The van der Waals surface area contributed by atoms with Gasteiger partial charge in [0.25, 0.3) is 0 Å². The first-order valence-corrected chi connectivity index (χ1v) is 6.73. The summed E-state index contributed by atoms with van der Waals surface area (Å²) in [7, 11) is 0. The van der Waals surface area contributed by atoms with Crippen LogP contribution in [0, 0.1) is 5.92 Å². The van der Waals surface area contributed by atoms with Crippen LogP contribution in [0.2, 0.25) is 0 Å². The van der Waals surface area contributed by atoms with Gasteiger partial charge in [0.1, 0.15) is 0 Å². The highest BCUT2D eigenvalue weighted by molar-refractivity contribution is 7.98. The van der Waals surface area contributed by atoms with Gasteiger partial charge in [-0.3, -0.25) is 0 Å². The van der Waals surface area contributed by atoms with Crippen molar-refractivity contribution >= 4 is 11.8 Å². The lowest BCUT2D eigenvalue weighted by molar-refractivity contribution is 0.500. The molecule has 0 heterocycles. The van der Waals surface area contributed by atoms with Crippen molar-refractivity contribution in [3.8, 4) is 0 Å². The highest BCUT2D eigenvalue weighted by atomic mass is 32.2. The van der Waals surface area contributed by atoms with E-state index in [1.54, 1.807) is 0 Å². The van der Waals surface area contributed by atoms with E-state index in [9.17, 15) is 0 Å². The van der Waals surface area contributed by atoms with Crippen molar-refractivity contribution in [3.63, 3.8) is 0 Å². The zero-order chi connectivity index (χ0) is 9.82. The van der Waals surface area contributed by atoms with Gasteiger partial charge in [0.05, 0.1) is 0 Å². The molecule has 0 saturated heterocycles. The van der Waals surface area contributed by atoms with Crippen LogP contribution in [0.15, 0.2) is 0 Å². The Bertz CT molecular complexity index is 62.0. The molecule has 1 unspecified atom stereocenters. The van der Waals surface area contributed by atoms with Gasteiger partial charge in [-0.2, -0.15) is 11.8 Å². The monoisotopic (exact) mass is 190 g/mol. The molecule has 0 N–H and O–H groups in total. The molecule has 0 rings (SSSR count). The molecule has 0 aromatic heterocycles. The fourth-order valence-corrected chi connectivity index (χ4v) is 2.01. The van der Waals surface area contributed by atoms with Crippen LogP contribution in [0.5, 0.6) is 0 Å². The van der Waals surface area contributed by atoms with Crippen LogP contribution >= 0.6 is 11.8 Å². The van der Waals surface area contributed by atoms with Crippen LogP contribution in [0.3, 0.4) is 0 Å². The maximum absolute atomic E-state index is 2.30. The lowest BCUT2D eigenvalue weighted by Crippen LogP contribution is -2.01. The minimum atomic E-state index is 0.981. The summed E-state index contributed by atoms with van der Waals surface area (Å²) in [6.07, 6.45) is 7.77. The molecule has 12 heavy (non-hydrogen) atoms. The smallest absolute Gasteiger partial charge is 0.00420 e. The third-order valence-electron chi connectivity index (χ3n) is 1.95. The average molecular weight is 190 g/mol. The molecule has 1 heteroatoms. The van der Waals surface area contributed by atoms with Crippen molar-refractivity contribution in [2.24, 2.45) is 5.92 Å². The van der Waals surface area contributed by atoms with Crippen LogP contribution < -0.4 is 0 Å². The van der Waals surface area contributed by atoms with Crippen molar-refractivity contribution in [1.82, 2.24) is 0 Å². The van der Waals surface area contributed by atoms with Gasteiger partial charge in [-0.15, -0.1) is 0 Å².